The average Bonchev–Trinajstić information content (AvgIpc) is 3.82. The summed E-state index contributed by atoms with van der Waals surface area (Å²) in [5.41, 5.74) is 8.74. The molecule has 0 bridgehead atoms. The second-order valence-electron chi connectivity index (χ2n) is 14.6. The lowest BCUT2D eigenvalue weighted by atomic mass is 10.0. The highest BCUT2D eigenvalue weighted by Gasteiger charge is 2.30. The van der Waals surface area contributed by atoms with E-state index in [0.717, 1.165) is 60.5 Å². The van der Waals surface area contributed by atoms with Crippen molar-refractivity contribution in [3.8, 4) is 45.8 Å². The minimum Gasteiger partial charge on any atom is -0.456 e. The van der Waals surface area contributed by atoms with Crippen LogP contribution >= 0.6 is 0 Å². The van der Waals surface area contributed by atoms with Crippen LogP contribution in [-0.2, 0) is 0 Å². The fraction of sp³-hybridized carbons (Fsp3) is 0.0385. The van der Waals surface area contributed by atoms with Gasteiger partial charge in [-0.15, -0.1) is 0 Å². The number of para-hydroxylation sites is 2. The van der Waals surface area contributed by atoms with Crippen molar-refractivity contribution < 1.29 is 13.6 Å². The Morgan fingerprint density at radius 3 is 1.92 bits per heavy atom. The Labute approximate surface area is 339 Å². The Balaban J connectivity index is 1.29. The molecule has 10 aromatic rings. The number of benzene rings is 8. The minimum absolute atomic E-state index is 0.00180. The maximum atomic E-state index is 18.4. The first-order valence-electron chi connectivity index (χ1n) is 19.2. The Bertz CT molecular complexity index is 3370. The molecule has 0 unspecified atom stereocenters. The molecule has 59 heavy (non-hydrogen) atoms. The molecule has 6 nitrogen and oxygen atoms in total. The molecule has 0 saturated heterocycles. The zero-order valence-corrected chi connectivity index (χ0v) is 32.1. The zero-order chi connectivity index (χ0) is 40.2. The number of nitriles is 2. The molecule has 0 fully saturated rings. The summed E-state index contributed by atoms with van der Waals surface area (Å²) in [4.78, 5) is 6.69. The molecule has 0 radical (unpaired) electrons. The molecule has 0 saturated carbocycles. The molecule has 8 aromatic carbocycles. The average molecular weight is 765 g/mol. The van der Waals surface area contributed by atoms with Gasteiger partial charge in [-0.1, -0.05) is 109 Å². The molecule has 0 aliphatic heterocycles. The second kappa shape index (κ2) is 14.1. The van der Waals surface area contributed by atoms with E-state index in [9.17, 15) is 10.5 Å². The maximum Gasteiger partial charge on any atom is 0.177 e. The molecule has 10 rings (SSSR count). The Kier molecular flexibility index (Phi) is 8.44. The summed E-state index contributed by atoms with van der Waals surface area (Å²) in [5.74, 6) is -0.309. The van der Waals surface area contributed by atoms with Gasteiger partial charge in [-0.2, -0.15) is 15.6 Å². The van der Waals surface area contributed by atoms with E-state index in [1.165, 1.54) is 11.1 Å². The molecule has 0 aliphatic carbocycles. The topological polar surface area (TPSA) is 78.1 Å². The fourth-order valence-corrected chi connectivity index (χ4v) is 8.26. The molecule has 0 N–H and O–H groups in total. The molecule has 0 amide bonds. The first kappa shape index (κ1) is 35.3. The van der Waals surface area contributed by atoms with Crippen LogP contribution in [0.15, 0.2) is 168 Å². The van der Waals surface area contributed by atoms with Gasteiger partial charge in [0.1, 0.15) is 34.7 Å². The van der Waals surface area contributed by atoms with Crippen molar-refractivity contribution >= 4 is 55.1 Å². The van der Waals surface area contributed by atoms with E-state index in [2.05, 4.69) is 30.3 Å². The number of nitrogens with zero attached hydrogens (tertiary/aromatic N) is 4. The number of rotatable bonds is 7. The van der Waals surface area contributed by atoms with E-state index in [4.69, 9.17) is 9.25 Å². The lowest BCUT2D eigenvalue weighted by Gasteiger charge is -2.29. The van der Waals surface area contributed by atoms with Crippen LogP contribution in [0, 0.1) is 42.3 Å². The molecule has 7 heteroatoms. The second-order valence-corrected chi connectivity index (χ2v) is 14.6. The van der Waals surface area contributed by atoms with E-state index in [1.807, 2.05) is 153 Å². The molecule has 0 atom stereocenters. The number of hydrogen-bond acceptors (Lipinski definition) is 5. The van der Waals surface area contributed by atoms with Gasteiger partial charge in [-0.05, 0) is 102 Å². The van der Waals surface area contributed by atoms with Crippen LogP contribution in [-0.4, -0.2) is 4.57 Å². The first-order chi connectivity index (χ1) is 28.9. The quantitative estimate of drug-likeness (QED) is 0.151. The highest BCUT2D eigenvalue weighted by Crippen LogP contribution is 2.46. The van der Waals surface area contributed by atoms with Gasteiger partial charge in [0, 0.05) is 21.5 Å². The predicted octanol–water partition coefficient (Wildman–Crippen LogP) is 13.6. The summed E-state index contributed by atoms with van der Waals surface area (Å²) in [5, 5.41) is 26.4. The minimum atomic E-state index is -0.788. The van der Waals surface area contributed by atoms with Crippen molar-refractivity contribution in [2.45, 2.75) is 13.8 Å². The van der Waals surface area contributed by atoms with E-state index in [1.54, 1.807) is 4.57 Å². The summed E-state index contributed by atoms with van der Waals surface area (Å²) in [7, 11) is 0. The van der Waals surface area contributed by atoms with Crippen molar-refractivity contribution in [1.29, 1.82) is 10.5 Å². The summed E-state index contributed by atoms with van der Waals surface area (Å²) >= 11 is 0. The van der Waals surface area contributed by atoms with E-state index in [0.29, 0.717) is 28.1 Å². The van der Waals surface area contributed by atoms with Crippen molar-refractivity contribution in [2.75, 3.05) is 5.06 Å². The van der Waals surface area contributed by atoms with Gasteiger partial charge in [0.15, 0.2) is 11.6 Å². The highest BCUT2D eigenvalue weighted by molar-refractivity contribution is 6.27. The van der Waals surface area contributed by atoms with E-state index >= 15 is 4.39 Å². The number of fused-ring (bicyclic) bond motifs is 7. The molecule has 280 valence electrons. The van der Waals surface area contributed by atoms with Gasteiger partial charge in [-0.3, -0.25) is 0 Å². The van der Waals surface area contributed by atoms with Crippen molar-refractivity contribution in [2.24, 2.45) is 0 Å². The monoisotopic (exact) mass is 764 g/mol. The summed E-state index contributed by atoms with van der Waals surface area (Å²) in [6, 6.07) is 57.1. The summed E-state index contributed by atoms with van der Waals surface area (Å²) in [6.07, 6.45) is 0. The standard InChI is InChI=1S/C52H33FN4O2/c1-32-13-9-11-19-45(32)59-57(42-23-21-36(27-33(42)2)34-14-5-3-6-15-34)52-39(31-55)28-38(30-54)51(50(52)53)56-43-24-22-37(35-16-7-4-8-17-35)29-41(43)48-44(56)25-26-47-49(48)40-18-10-12-20-46(40)58-47/h3-29H,1-2H3. The van der Waals surface area contributed by atoms with E-state index < -0.39 is 5.82 Å². The normalized spacial score (nSPS) is 11.3. The van der Waals surface area contributed by atoms with E-state index in [-0.39, 0.29) is 22.5 Å². The highest BCUT2D eigenvalue weighted by atomic mass is 19.1. The molecule has 2 aromatic heterocycles. The Hall–Kier alpha value is -8.13. The zero-order valence-electron chi connectivity index (χ0n) is 32.1. The third kappa shape index (κ3) is 5.76. The SMILES string of the molecule is Cc1ccccc1ON(c1ccc(-c2ccccc2)cc1C)c1c(C#N)cc(C#N)c(-n2c3ccc(-c4ccccc4)cc3c3c4c(ccc32)oc2ccccc24)c1F. The Morgan fingerprint density at radius 1 is 0.559 bits per heavy atom. The van der Waals surface area contributed by atoms with Gasteiger partial charge < -0.3 is 13.8 Å². The first-order valence-corrected chi connectivity index (χ1v) is 19.2. The van der Waals surface area contributed by atoms with Gasteiger partial charge in [0.05, 0.1) is 27.8 Å². The van der Waals surface area contributed by atoms with Crippen molar-refractivity contribution in [3.63, 3.8) is 0 Å². The van der Waals surface area contributed by atoms with Crippen LogP contribution in [0.3, 0.4) is 0 Å². The van der Waals surface area contributed by atoms with Crippen LogP contribution in [0.4, 0.5) is 15.8 Å². The summed E-state index contributed by atoms with van der Waals surface area (Å²) < 4.78 is 26.5. The smallest absolute Gasteiger partial charge is 0.177 e. The van der Waals surface area contributed by atoms with Gasteiger partial charge in [0.25, 0.3) is 0 Å². The van der Waals surface area contributed by atoms with Crippen LogP contribution < -0.4 is 9.90 Å². The molecule has 0 spiro atoms. The molecular formula is C52H33FN4O2. The van der Waals surface area contributed by atoms with Crippen LogP contribution in [0.2, 0.25) is 0 Å². The maximum absolute atomic E-state index is 18.4. The number of furan rings is 1. The molecule has 2 heterocycles. The molecular weight excluding hydrogens is 732 g/mol. The van der Waals surface area contributed by atoms with Crippen molar-refractivity contribution in [3.05, 3.63) is 192 Å². The lowest BCUT2D eigenvalue weighted by Crippen LogP contribution is -2.26. The number of halogens is 1. The lowest BCUT2D eigenvalue weighted by molar-refractivity contribution is 0.316. The van der Waals surface area contributed by atoms with Crippen molar-refractivity contribution in [1.82, 2.24) is 4.57 Å². The third-order valence-corrected chi connectivity index (χ3v) is 11.1. The Morgan fingerprint density at radius 2 is 1.20 bits per heavy atom. The van der Waals surface area contributed by atoms with Crippen LogP contribution in [0.5, 0.6) is 5.75 Å². The number of aryl methyl sites for hydroxylation is 2. The largest absolute Gasteiger partial charge is 0.456 e. The van der Waals surface area contributed by atoms with Gasteiger partial charge >= 0.3 is 0 Å². The van der Waals surface area contributed by atoms with Crippen LogP contribution in [0.25, 0.3) is 71.7 Å². The third-order valence-electron chi connectivity index (χ3n) is 11.1. The van der Waals surface area contributed by atoms with Gasteiger partial charge in [0.2, 0.25) is 0 Å². The fourth-order valence-electron chi connectivity index (χ4n) is 8.26. The summed E-state index contributed by atoms with van der Waals surface area (Å²) in [6.45, 7) is 3.84. The predicted molar refractivity (Wildman–Crippen MR) is 233 cm³/mol. The number of aromatic nitrogens is 1. The number of hydrogen-bond donors (Lipinski definition) is 0. The molecule has 0 aliphatic rings. The number of anilines is 2. The van der Waals surface area contributed by atoms with Gasteiger partial charge in [-0.25, -0.2) is 4.39 Å². The van der Waals surface area contributed by atoms with Crippen LogP contribution in [0.1, 0.15) is 22.3 Å².